The molecule has 1 heterocycles. The molecule has 96 valence electrons. The molecule has 1 aromatic rings. The second-order valence-corrected chi connectivity index (χ2v) is 4.14. The number of fused-ring (bicyclic) bond motifs is 1. The minimum Gasteiger partial charge on any atom is -0.312 e. The summed E-state index contributed by atoms with van der Waals surface area (Å²) in [5.41, 5.74) is 3.48. The zero-order valence-corrected chi connectivity index (χ0v) is 9.78. The number of halogens is 1. The summed E-state index contributed by atoms with van der Waals surface area (Å²) in [6.07, 6.45) is 1.08. The van der Waals surface area contributed by atoms with Crippen molar-refractivity contribution < 1.29 is 14.0 Å². The fourth-order valence-corrected chi connectivity index (χ4v) is 2.04. The Morgan fingerprint density at radius 2 is 2.22 bits per heavy atom. The average molecular weight is 251 g/mol. The van der Waals surface area contributed by atoms with Crippen LogP contribution in [0.5, 0.6) is 0 Å². The van der Waals surface area contributed by atoms with Gasteiger partial charge < -0.3 is 4.90 Å². The summed E-state index contributed by atoms with van der Waals surface area (Å²) >= 11 is 0. The molecule has 18 heavy (non-hydrogen) atoms. The Balaban J connectivity index is 2.21. The predicted octanol–water partition coefficient (Wildman–Crippen LogP) is 0.485. The highest BCUT2D eigenvalue weighted by atomic mass is 19.1. The lowest BCUT2D eigenvalue weighted by molar-refractivity contribution is -0.121. The first kappa shape index (κ1) is 12.5. The van der Waals surface area contributed by atoms with E-state index in [0.29, 0.717) is 18.5 Å². The van der Waals surface area contributed by atoms with Gasteiger partial charge in [0.1, 0.15) is 5.82 Å². The molecule has 0 aromatic heterocycles. The van der Waals surface area contributed by atoms with E-state index >= 15 is 0 Å². The lowest BCUT2D eigenvalue weighted by atomic mass is 10.0. The number of carbonyl (C=O) groups is 2. The maximum Gasteiger partial charge on any atom is 0.235 e. The van der Waals surface area contributed by atoms with Crippen LogP contribution in [0.2, 0.25) is 0 Å². The Morgan fingerprint density at radius 3 is 2.94 bits per heavy atom. The van der Waals surface area contributed by atoms with Crippen molar-refractivity contribution in [1.82, 2.24) is 5.43 Å². The molecule has 0 bridgehead atoms. The number of rotatable bonds is 3. The summed E-state index contributed by atoms with van der Waals surface area (Å²) in [5.74, 6) is 4.13. The van der Waals surface area contributed by atoms with Gasteiger partial charge in [-0.3, -0.25) is 15.0 Å². The van der Waals surface area contributed by atoms with Crippen LogP contribution in [-0.4, -0.2) is 18.4 Å². The Hall–Kier alpha value is -1.95. The molecule has 0 aliphatic carbocycles. The van der Waals surface area contributed by atoms with E-state index in [2.05, 4.69) is 0 Å². The van der Waals surface area contributed by atoms with Gasteiger partial charge in [0.05, 0.1) is 0 Å². The smallest absolute Gasteiger partial charge is 0.235 e. The van der Waals surface area contributed by atoms with Crippen LogP contribution in [0.25, 0.3) is 0 Å². The van der Waals surface area contributed by atoms with Crippen LogP contribution in [0.3, 0.4) is 0 Å². The van der Waals surface area contributed by atoms with Gasteiger partial charge in [-0.1, -0.05) is 6.07 Å². The van der Waals surface area contributed by atoms with Crippen LogP contribution >= 0.6 is 0 Å². The highest BCUT2D eigenvalue weighted by Crippen LogP contribution is 2.28. The van der Waals surface area contributed by atoms with E-state index in [1.807, 2.05) is 5.43 Å². The third-order valence-corrected chi connectivity index (χ3v) is 2.97. The molecule has 0 saturated carbocycles. The van der Waals surface area contributed by atoms with E-state index in [4.69, 9.17) is 5.84 Å². The van der Waals surface area contributed by atoms with Crippen molar-refractivity contribution in [2.45, 2.75) is 19.3 Å². The Labute approximate surface area is 104 Å². The third kappa shape index (κ3) is 2.48. The quantitative estimate of drug-likeness (QED) is 0.466. The number of hydrogen-bond acceptors (Lipinski definition) is 3. The number of carbonyl (C=O) groups excluding carboxylic acids is 2. The van der Waals surface area contributed by atoms with Crippen molar-refractivity contribution in [3.63, 3.8) is 0 Å². The highest BCUT2D eigenvalue weighted by molar-refractivity contribution is 5.96. The van der Waals surface area contributed by atoms with Crippen LogP contribution in [0, 0.1) is 5.82 Å². The third-order valence-electron chi connectivity index (χ3n) is 2.97. The number of nitrogens with two attached hydrogens (primary N) is 1. The predicted molar refractivity (Wildman–Crippen MR) is 64.0 cm³/mol. The second kappa shape index (κ2) is 5.14. The summed E-state index contributed by atoms with van der Waals surface area (Å²) < 4.78 is 13.2. The molecule has 6 heteroatoms. The van der Waals surface area contributed by atoms with Crippen molar-refractivity contribution >= 4 is 17.5 Å². The molecule has 0 radical (unpaired) electrons. The fraction of sp³-hybridized carbons (Fsp3) is 0.333. The largest absolute Gasteiger partial charge is 0.312 e. The van der Waals surface area contributed by atoms with Crippen LogP contribution in [0.4, 0.5) is 10.1 Å². The van der Waals surface area contributed by atoms with Crippen molar-refractivity contribution in [2.24, 2.45) is 5.84 Å². The van der Waals surface area contributed by atoms with Gasteiger partial charge in [0.25, 0.3) is 0 Å². The van der Waals surface area contributed by atoms with Crippen molar-refractivity contribution in [3.8, 4) is 0 Å². The van der Waals surface area contributed by atoms with E-state index in [1.165, 1.54) is 17.0 Å². The van der Waals surface area contributed by atoms with Crippen LogP contribution in [-0.2, 0) is 16.0 Å². The summed E-state index contributed by atoms with van der Waals surface area (Å²) in [7, 11) is 0. The molecule has 3 N–H and O–H groups in total. The molecule has 0 fully saturated rings. The molecule has 2 amide bonds. The summed E-state index contributed by atoms with van der Waals surface area (Å²) in [4.78, 5) is 24.3. The number of aryl methyl sites for hydroxylation is 1. The van der Waals surface area contributed by atoms with Gasteiger partial charge in [-0.2, -0.15) is 0 Å². The second-order valence-electron chi connectivity index (χ2n) is 4.14. The maximum atomic E-state index is 13.2. The lowest BCUT2D eigenvalue weighted by Crippen LogP contribution is -2.39. The molecule has 1 aliphatic rings. The molecule has 5 nitrogen and oxygen atoms in total. The number of benzene rings is 1. The van der Waals surface area contributed by atoms with E-state index in [1.54, 1.807) is 6.07 Å². The SMILES string of the molecule is NNC(=O)CCN1C(=O)CCc2ccc(F)cc21. The first-order valence-electron chi connectivity index (χ1n) is 5.70. The lowest BCUT2D eigenvalue weighted by Gasteiger charge is -2.29. The summed E-state index contributed by atoms with van der Waals surface area (Å²) in [6.45, 7) is 0.207. The Bertz CT molecular complexity index is 490. The molecule has 0 spiro atoms. The first-order chi connectivity index (χ1) is 8.61. The number of hydrazine groups is 1. The zero-order chi connectivity index (χ0) is 13.1. The minimum atomic E-state index is -0.392. The van der Waals surface area contributed by atoms with Gasteiger partial charge in [0.2, 0.25) is 11.8 Å². The number of anilines is 1. The van der Waals surface area contributed by atoms with E-state index < -0.39 is 5.82 Å². The molecular formula is C12H14FN3O2. The Kier molecular flexibility index (Phi) is 3.57. The summed E-state index contributed by atoms with van der Waals surface area (Å²) in [5, 5.41) is 0. The van der Waals surface area contributed by atoms with E-state index in [0.717, 1.165) is 5.56 Å². The Morgan fingerprint density at radius 1 is 1.44 bits per heavy atom. The number of nitrogens with zero attached hydrogens (tertiary/aromatic N) is 1. The highest BCUT2D eigenvalue weighted by Gasteiger charge is 2.24. The monoisotopic (exact) mass is 251 g/mol. The van der Waals surface area contributed by atoms with E-state index in [9.17, 15) is 14.0 Å². The van der Waals surface area contributed by atoms with Crippen LogP contribution in [0.15, 0.2) is 18.2 Å². The van der Waals surface area contributed by atoms with Gasteiger partial charge in [0, 0.05) is 25.1 Å². The first-order valence-corrected chi connectivity index (χ1v) is 5.70. The molecule has 0 atom stereocenters. The van der Waals surface area contributed by atoms with Crippen molar-refractivity contribution in [2.75, 3.05) is 11.4 Å². The molecule has 2 rings (SSSR count). The molecule has 0 saturated heterocycles. The average Bonchev–Trinajstić information content (AvgIpc) is 2.37. The maximum absolute atomic E-state index is 13.2. The topological polar surface area (TPSA) is 75.4 Å². The number of nitrogens with one attached hydrogen (secondary N) is 1. The van der Waals surface area contributed by atoms with Gasteiger partial charge in [-0.25, -0.2) is 10.2 Å². The van der Waals surface area contributed by atoms with Crippen LogP contribution in [0.1, 0.15) is 18.4 Å². The van der Waals surface area contributed by atoms with E-state index in [-0.39, 0.29) is 24.8 Å². The van der Waals surface area contributed by atoms with Crippen molar-refractivity contribution in [1.29, 1.82) is 0 Å². The molecule has 1 aliphatic heterocycles. The van der Waals surface area contributed by atoms with Gasteiger partial charge in [-0.15, -0.1) is 0 Å². The minimum absolute atomic E-state index is 0.0954. The van der Waals surface area contributed by atoms with Crippen LogP contribution < -0.4 is 16.2 Å². The van der Waals surface area contributed by atoms with Crippen molar-refractivity contribution in [3.05, 3.63) is 29.6 Å². The fourth-order valence-electron chi connectivity index (χ4n) is 2.04. The van der Waals surface area contributed by atoms with Gasteiger partial charge in [-0.05, 0) is 24.1 Å². The standard InChI is InChI=1S/C12H14FN3O2/c13-9-3-1-8-2-4-12(18)16(10(8)7-9)6-5-11(17)15-14/h1,3,7H,2,4-6,14H2,(H,15,17). The van der Waals surface area contributed by atoms with Gasteiger partial charge >= 0.3 is 0 Å². The number of amides is 2. The molecular weight excluding hydrogens is 237 g/mol. The molecule has 1 aromatic carbocycles. The zero-order valence-electron chi connectivity index (χ0n) is 9.78. The number of hydrogen-bond donors (Lipinski definition) is 2. The van der Waals surface area contributed by atoms with Gasteiger partial charge in [0.15, 0.2) is 0 Å². The summed E-state index contributed by atoms with van der Waals surface area (Å²) in [6, 6.07) is 4.37. The molecule has 0 unspecified atom stereocenters. The normalized spacial score (nSPS) is 14.3.